The van der Waals surface area contributed by atoms with E-state index in [2.05, 4.69) is 29.8 Å². The highest BCUT2D eigenvalue weighted by atomic mass is 79.9. The van der Waals surface area contributed by atoms with E-state index < -0.39 is 0 Å². The van der Waals surface area contributed by atoms with Crippen LogP contribution in [0.25, 0.3) is 0 Å². The maximum Gasteiger partial charge on any atom is 0.163 e. The molecule has 1 rings (SSSR count). The van der Waals surface area contributed by atoms with Crippen molar-refractivity contribution in [3.63, 3.8) is 0 Å². The van der Waals surface area contributed by atoms with E-state index in [1.54, 1.807) is 0 Å². The summed E-state index contributed by atoms with van der Waals surface area (Å²) < 4.78 is 0.981. The van der Waals surface area contributed by atoms with Gasteiger partial charge in [0.1, 0.15) is 0 Å². The van der Waals surface area contributed by atoms with Crippen LogP contribution in [0, 0.1) is 12.8 Å². The zero-order chi connectivity index (χ0) is 11.4. The first kappa shape index (κ1) is 12.4. The highest BCUT2D eigenvalue weighted by molar-refractivity contribution is 9.10. The van der Waals surface area contributed by atoms with Crippen molar-refractivity contribution in [1.82, 2.24) is 0 Å². The molecule has 15 heavy (non-hydrogen) atoms. The van der Waals surface area contributed by atoms with Crippen LogP contribution in [-0.2, 0) is 0 Å². The van der Waals surface area contributed by atoms with Gasteiger partial charge in [0.25, 0.3) is 0 Å². The van der Waals surface area contributed by atoms with E-state index in [1.807, 2.05) is 25.1 Å². The van der Waals surface area contributed by atoms with Crippen LogP contribution in [0.4, 0.5) is 0 Å². The number of halogens is 1. The fourth-order valence-corrected chi connectivity index (χ4v) is 2.08. The minimum Gasteiger partial charge on any atom is -0.294 e. The lowest BCUT2D eigenvalue weighted by Gasteiger charge is -2.08. The van der Waals surface area contributed by atoms with Gasteiger partial charge in [0.2, 0.25) is 0 Å². The lowest BCUT2D eigenvalue weighted by molar-refractivity contribution is 0.0963. The van der Waals surface area contributed by atoms with Crippen LogP contribution in [0.2, 0.25) is 0 Å². The van der Waals surface area contributed by atoms with Crippen LogP contribution in [0.15, 0.2) is 22.7 Å². The Kier molecular flexibility index (Phi) is 4.52. The lowest BCUT2D eigenvalue weighted by Crippen LogP contribution is -2.05. The fraction of sp³-hybridized carbons (Fsp3) is 0.462. The number of rotatable bonds is 4. The van der Waals surface area contributed by atoms with Crippen molar-refractivity contribution in [2.45, 2.75) is 33.6 Å². The van der Waals surface area contributed by atoms with E-state index in [1.165, 1.54) is 0 Å². The van der Waals surface area contributed by atoms with Gasteiger partial charge in [0, 0.05) is 16.5 Å². The van der Waals surface area contributed by atoms with Crippen LogP contribution >= 0.6 is 15.9 Å². The second-order valence-electron chi connectivity index (χ2n) is 4.16. The molecule has 0 N–H and O–H groups in total. The number of benzene rings is 1. The topological polar surface area (TPSA) is 17.1 Å². The number of carbonyl (C=O) groups excluding carboxylic acids is 1. The Bertz CT molecular complexity index is 337. The molecule has 0 saturated heterocycles. The third kappa shape index (κ3) is 3.78. The predicted molar refractivity (Wildman–Crippen MR) is 67.3 cm³/mol. The van der Waals surface area contributed by atoms with E-state index in [4.69, 9.17) is 0 Å². The molecular formula is C13H17BrO. The summed E-state index contributed by atoms with van der Waals surface area (Å²) >= 11 is 3.41. The Hall–Kier alpha value is -0.630. The third-order valence-corrected chi connectivity index (χ3v) is 3.05. The van der Waals surface area contributed by atoms with E-state index in [0.29, 0.717) is 12.3 Å². The summed E-state index contributed by atoms with van der Waals surface area (Å²) in [5.74, 6) is 0.713. The molecule has 82 valence electrons. The smallest absolute Gasteiger partial charge is 0.163 e. The first-order valence-corrected chi connectivity index (χ1v) is 6.12. The molecule has 1 aromatic rings. The molecule has 0 aliphatic rings. The molecule has 1 unspecified atom stereocenters. The Morgan fingerprint density at radius 3 is 2.60 bits per heavy atom. The Morgan fingerprint density at radius 2 is 2.07 bits per heavy atom. The van der Waals surface area contributed by atoms with E-state index in [0.717, 1.165) is 22.0 Å². The predicted octanol–water partition coefficient (Wildman–Crippen LogP) is 4.38. The van der Waals surface area contributed by atoms with Gasteiger partial charge in [-0.3, -0.25) is 4.79 Å². The number of ketones is 1. The summed E-state index contributed by atoms with van der Waals surface area (Å²) in [5, 5.41) is 0. The molecule has 0 bridgehead atoms. The van der Waals surface area contributed by atoms with Gasteiger partial charge >= 0.3 is 0 Å². The number of carbonyl (C=O) groups is 1. The van der Waals surface area contributed by atoms with Gasteiger partial charge in [-0.25, -0.2) is 0 Å². The van der Waals surface area contributed by atoms with Gasteiger partial charge < -0.3 is 0 Å². The highest BCUT2D eigenvalue weighted by Crippen LogP contribution is 2.18. The summed E-state index contributed by atoms with van der Waals surface area (Å²) in [6.07, 6.45) is 1.70. The van der Waals surface area contributed by atoms with E-state index in [-0.39, 0.29) is 5.78 Å². The van der Waals surface area contributed by atoms with E-state index >= 15 is 0 Å². The van der Waals surface area contributed by atoms with Crippen molar-refractivity contribution in [1.29, 1.82) is 0 Å². The van der Waals surface area contributed by atoms with Crippen molar-refractivity contribution in [2.24, 2.45) is 5.92 Å². The minimum absolute atomic E-state index is 0.244. The number of hydrogen-bond donors (Lipinski definition) is 0. The average Bonchev–Trinajstić information content (AvgIpc) is 2.16. The molecule has 1 atom stereocenters. The standard InChI is InChI=1S/C13H17BrO/c1-4-9(2)7-13(15)11-5-10(3)6-12(14)8-11/h5-6,8-9H,4,7H2,1-3H3. The Morgan fingerprint density at radius 1 is 1.40 bits per heavy atom. The second-order valence-corrected chi connectivity index (χ2v) is 5.07. The summed E-state index contributed by atoms with van der Waals surface area (Å²) in [5.41, 5.74) is 1.94. The average molecular weight is 269 g/mol. The highest BCUT2D eigenvalue weighted by Gasteiger charge is 2.10. The van der Waals surface area contributed by atoms with Gasteiger partial charge in [-0.15, -0.1) is 0 Å². The minimum atomic E-state index is 0.244. The Balaban J connectivity index is 2.82. The van der Waals surface area contributed by atoms with Crippen LogP contribution in [0.5, 0.6) is 0 Å². The molecule has 1 aromatic carbocycles. The first-order valence-electron chi connectivity index (χ1n) is 5.33. The normalized spacial score (nSPS) is 12.5. The summed E-state index contributed by atoms with van der Waals surface area (Å²) in [6, 6.07) is 5.87. The monoisotopic (exact) mass is 268 g/mol. The number of hydrogen-bond acceptors (Lipinski definition) is 1. The molecule has 0 fully saturated rings. The van der Waals surface area contributed by atoms with Gasteiger partial charge in [0.15, 0.2) is 5.78 Å². The maximum atomic E-state index is 11.9. The molecule has 0 aliphatic heterocycles. The number of aryl methyl sites for hydroxylation is 1. The zero-order valence-corrected chi connectivity index (χ0v) is 11.1. The van der Waals surface area contributed by atoms with Gasteiger partial charge in [0.05, 0.1) is 0 Å². The molecular weight excluding hydrogens is 252 g/mol. The molecule has 0 aromatic heterocycles. The largest absolute Gasteiger partial charge is 0.294 e. The molecule has 1 nitrogen and oxygen atoms in total. The summed E-state index contributed by atoms with van der Waals surface area (Å²) in [7, 11) is 0. The fourth-order valence-electron chi connectivity index (χ4n) is 1.48. The van der Waals surface area contributed by atoms with Gasteiger partial charge in [-0.1, -0.05) is 36.2 Å². The van der Waals surface area contributed by atoms with Crippen LogP contribution in [0.1, 0.15) is 42.6 Å². The maximum absolute atomic E-state index is 11.9. The van der Waals surface area contributed by atoms with Crippen molar-refractivity contribution < 1.29 is 4.79 Å². The Labute approximate surface area is 100 Å². The molecule has 0 saturated carbocycles. The lowest BCUT2D eigenvalue weighted by atomic mass is 9.97. The number of Topliss-reactive ketones (excluding diaryl/α,β-unsaturated/α-hetero) is 1. The van der Waals surface area contributed by atoms with Crippen molar-refractivity contribution in [3.8, 4) is 0 Å². The van der Waals surface area contributed by atoms with Crippen molar-refractivity contribution >= 4 is 21.7 Å². The van der Waals surface area contributed by atoms with E-state index in [9.17, 15) is 4.79 Å². The summed E-state index contributed by atoms with van der Waals surface area (Å²) in [4.78, 5) is 11.9. The quantitative estimate of drug-likeness (QED) is 0.741. The molecule has 0 heterocycles. The van der Waals surface area contributed by atoms with Gasteiger partial charge in [-0.2, -0.15) is 0 Å². The van der Waals surface area contributed by atoms with Gasteiger partial charge in [-0.05, 0) is 36.6 Å². The summed E-state index contributed by atoms with van der Waals surface area (Å²) in [6.45, 7) is 6.23. The van der Waals surface area contributed by atoms with Crippen LogP contribution < -0.4 is 0 Å². The molecule has 0 radical (unpaired) electrons. The van der Waals surface area contributed by atoms with Crippen LogP contribution in [-0.4, -0.2) is 5.78 Å². The SMILES string of the molecule is CCC(C)CC(=O)c1cc(C)cc(Br)c1. The third-order valence-electron chi connectivity index (χ3n) is 2.59. The van der Waals surface area contributed by atoms with Crippen molar-refractivity contribution in [2.75, 3.05) is 0 Å². The first-order chi connectivity index (χ1) is 7.02. The zero-order valence-electron chi connectivity index (χ0n) is 9.51. The molecule has 0 amide bonds. The van der Waals surface area contributed by atoms with Crippen LogP contribution in [0.3, 0.4) is 0 Å². The molecule has 0 spiro atoms. The molecule has 2 heteroatoms. The molecule has 0 aliphatic carbocycles. The second kappa shape index (κ2) is 5.45. The van der Waals surface area contributed by atoms with Crippen molar-refractivity contribution in [3.05, 3.63) is 33.8 Å².